The summed E-state index contributed by atoms with van der Waals surface area (Å²) >= 11 is 1.42. The van der Waals surface area contributed by atoms with Gasteiger partial charge in [-0.15, -0.1) is 11.3 Å². The van der Waals surface area contributed by atoms with Crippen LogP contribution in [0.4, 0.5) is 13.2 Å². The molecule has 1 unspecified atom stereocenters. The average Bonchev–Trinajstić information content (AvgIpc) is 3.18. The van der Waals surface area contributed by atoms with Crippen LogP contribution in [0.15, 0.2) is 41.9 Å². The summed E-state index contributed by atoms with van der Waals surface area (Å²) in [5.41, 5.74) is 8.25. The molecule has 3 rings (SSSR count). The number of hydrogen-bond acceptors (Lipinski definition) is 6. The molecular formula is C19H19F3N4O3S. The van der Waals surface area contributed by atoms with Crippen LogP contribution in [0, 0.1) is 0 Å². The molecule has 0 radical (unpaired) electrons. The number of pyridine rings is 1. The number of fused-ring (bicyclic) bond motifs is 1. The maximum atomic E-state index is 12.5. The number of nitrogens with zero attached hydrogens (tertiary/aromatic N) is 3. The first kappa shape index (κ1) is 23.2. The summed E-state index contributed by atoms with van der Waals surface area (Å²) < 4.78 is 31.7. The van der Waals surface area contributed by atoms with Crippen molar-refractivity contribution in [1.82, 2.24) is 14.9 Å². The summed E-state index contributed by atoms with van der Waals surface area (Å²) in [7, 11) is 1.78. The molecule has 30 heavy (non-hydrogen) atoms. The first-order valence-corrected chi connectivity index (χ1v) is 9.48. The molecule has 0 saturated carbocycles. The molecule has 0 fully saturated rings. The molecule has 0 saturated heterocycles. The molecule has 1 aromatic carbocycles. The quantitative estimate of drug-likeness (QED) is 0.641. The third kappa shape index (κ3) is 5.97. The van der Waals surface area contributed by atoms with Crippen LogP contribution in [0.5, 0.6) is 0 Å². The molecule has 0 bridgehead atoms. The van der Waals surface area contributed by atoms with E-state index in [-0.39, 0.29) is 11.9 Å². The van der Waals surface area contributed by atoms with E-state index in [1.165, 1.54) is 11.3 Å². The van der Waals surface area contributed by atoms with E-state index in [1.807, 2.05) is 37.3 Å². The number of alkyl halides is 3. The summed E-state index contributed by atoms with van der Waals surface area (Å²) in [6.45, 7) is 2.37. The minimum atomic E-state index is -5.08. The van der Waals surface area contributed by atoms with E-state index >= 15 is 0 Å². The third-order valence-corrected chi connectivity index (χ3v) is 4.91. The number of amides is 1. The normalized spacial score (nSPS) is 12.1. The third-order valence-electron chi connectivity index (χ3n) is 3.86. The number of aromatic nitrogens is 2. The number of aliphatic carboxylic acids is 1. The van der Waals surface area contributed by atoms with E-state index in [9.17, 15) is 18.0 Å². The lowest BCUT2D eigenvalue weighted by Gasteiger charge is -2.17. The highest BCUT2D eigenvalue weighted by Gasteiger charge is 2.38. The summed E-state index contributed by atoms with van der Waals surface area (Å²) in [5.74, 6) is -2.86. The Bertz CT molecular complexity index is 1030. The molecule has 7 nitrogen and oxygen atoms in total. The standard InChI is InChI=1S/C17H18N4OS.C2HF3O2/c1-11(18)16-20-15(10-23-16)17(22)21(2)9-12-5-3-7-14-13(12)6-4-8-19-14;3-2(4,5)1(6)7/h3-8,10-11H,9,18H2,1-2H3;(H,6,7). The SMILES string of the molecule is CC(N)c1nc(C(=O)N(C)Cc2cccc3ncccc23)cs1.O=C(O)C(F)(F)F. The lowest BCUT2D eigenvalue weighted by Crippen LogP contribution is -2.26. The van der Waals surface area contributed by atoms with Crippen molar-refractivity contribution in [3.63, 3.8) is 0 Å². The Labute approximate surface area is 174 Å². The topological polar surface area (TPSA) is 109 Å². The number of rotatable bonds is 4. The number of thiazole rings is 1. The van der Waals surface area contributed by atoms with Crippen molar-refractivity contribution in [3.05, 3.63) is 58.2 Å². The van der Waals surface area contributed by atoms with Crippen LogP contribution in [0.25, 0.3) is 10.9 Å². The van der Waals surface area contributed by atoms with Crippen molar-refractivity contribution >= 4 is 34.1 Å². The molecule has 1 atom stereocenters. The van der Waals surface area contributed by atoms with Gasteiger partial charge in [0.05, 0.1) is 11.6 Å². The molecule has 160 valence electrons. The minimum absolute atomic E-state index is 0.103. The molecule has 2 aromatic heterocycles. The van der Waals surface area contributed by atoms with Crippen LogP contribution in [-0.2, 0) is 11.3 Å². The second-order valence-electron chi connectivity index (χ2n) is 6.31. The fourth-order valence-corrected chi connectivity index (χ4v) is 3.17. The number of nitrogens with two attached hydrogens (primary N) is 1. The molecule has 0 aliphatic rings. The summed E-state index contributed by atoms with van der Waals surface area (Å²) in [5, 5.41) is 10.7. The molecule has 2 heterocycles. The molecule has 3 N–H and O–H groups in total. The second kappa shape index (κ2) is 9.63. The number of benzene rings is 1. The molecule has 11 heteroatoms. The van der Waals surface area contributed by atoms with Gasteiger partial charge in [0.2, 0.25) is 0 Å². The van der Waals surface area contributed by atoms with Crippen molar-refractivity contribution in [3.8, 4) is 0 Å². The predicted molar refractivity (Wildman–Crippen MR) is 106 cm³/mol. The van der Waals surface area contributed by atoms with Gasteiger partial charge in [-0.2, -0.15) is 13.2 Å². The smallest absolute Gasteiger partial charge is 0.475 e. The van der Waals surface area contributed by atoms with Crippen molar-refractivity contribution in [1.29, 1.82) is 0 Å². The van der Waals surface area contributed by atoms with Crippen LogP contribution in [0.3, 0.4) is 0 Å². The van der Waals surface area contributed by atoms with Gasteiger partial charge in [0.25, 0.3) is 5.91 Å². The van der Waals surface area contributed by atoms with Gasteiger partial charge in [-0.3, -0.25) is 9.78 Å². The monoisotopic (exact) mass is 440 g/mol. The highest BCUT2D eigenvalue weighted by atomic mass is 32.1. The van der Waals surface area contributed by atoms with Gasteiger partial charge >= 0.3 is 12.1 Å². The lowest BCUT2D eigenvalue weighted by molar-refractivity contribution is -0.192. The van der Waals surface area contributed by atoms with Gasteiger partial charge in [-0.05, 0) is 24.6 Å². The highest BCUT2D eigenvalue weighted by Crippen LogP contribution is 2.20. The fraction of sp³-hybridized carbons (Fsp3) is 0.263. The first-order valence-electron chi connectivity index (χ1n) is 8.60. The fourth-order valence-electron chi connectivity index (χ4n) is 2.42. The Morgan fingerprint density at radius 1 is 1.27 bits per heavy atom. The van der Waals surface area contributed by atoms with Gasteiger partial charge in [0.1, 0.15) is 10.7 Å². The van der Waals surface area contributed by atoms with E-state index in [0.29, 0.717) is 12.2 Å². The number of carbonyl (C=O) groups is 2. The molecule has 1 amide bonds. The van der Waals surface area contributed by atoms with Crippen LogP contribution in [0.1, 0.15) is 34.0 Å². The minimum Gasteiger partial charge on any atom is -0.475 e. The molecule has 3 aromatic rings. The van der Waals surface area contributed by atoms with Crippen molar-refractivity contribution in [2.45, 2.75) is 25.7 Å². The Morgan fingerprint density at radius 3 is 2.50 bits per heavy atom. The van der Waals surface area contributed by atoms with Crippen LogP contribution in [-0.4, -0.2) is 45.1 Å². The van der Waals surface area contributed by atoms with Gasteiger partial charge in [-0.1, -0.05) is 18.2 Å². The Balaban J connectivity index is 0.000000396. The van der Waals surface area contributed by atoms with E-state index in [4.69, 9.17) is 15.6 Å². The number of carbonyl (C=O) groups excluding carboxylic acids is 1. The maximum absolute atomic E-state index is 12.5. The molecule has 0 aliphatic carbocycles. The van der Waals surface area contributed by atoms with Gasteiger partial charge in [0.15, 0.2) is 0 Å². The number of carboxylic acid groups (broad SMARTS) is 1. The first-order chi connectivity index (χ1) is 14.0. The van der Waals surface area contributed by atoms with Crippen molar-refractivity contribution in [2.75, 3.05) is 7.05 Å². The van der Waals surface area contributed by atoms with Crippen LogP contribution < -0.4 is 5.73 Å². The van der Waals surface area contributed by atoms with E-state index in [0.717, 1.165) is 21.5 Å². The van der Waals surface area contributed by atoms with Gasteiger partial charge in [-0.25, -0.2) is 9.78 Å². The average molecular weight is 440 g/mol. The van der Waals surface area contributed by atoms with E-state index in [1.54, 1.807) is 23.5 Å². The number of carboxylic acids is 1. The van der Waals surface area contributed by atoms with E-state index in [2.05, 4.69) is 9.97 Å². The summed E-state index contributed by atoms with van der Waals surface area (Å²) in [4.78, 5) is 31.8. The van der Waals surface area contributed by atoms with Crippen LogP contribution in [0.2, 0.25) is 0 Å². The van der Waals surface area contributed by atoms with Crippen LogP contribution >= 0.6 is 11.3 Å². The summed E-state index contributed by atoms with van der Waals surface area (Å²) in [6, 6.07) is 9.71. The lowest BCUT2D eigenvalue weighted by atomic mass is 10.1. The molecule has 0 spiro atoms. The second-order valence-corrected chi connectivity index (χ2v) is 7.20. The largest absolute Gasteiger partial charge is 0.490 e. The zero-order valence-corrected chi connectivity index (χ0v) is 16.9. The van der Waals surface area contributed by atoms with Gasteiger partial charge < -0.3 is 15.7 Å². The highest BCUT2D eigenvalue weighted by molar-refractivity contribution is 7.09. The predicted octanol–water partition coefficient (Wildman–Crippen LogP) is 3.62. The Kier molecular flexibility index (Phi) is 7.46. The van der Waals surface area contributed by atoms with Crippen molar-refractivity contribution in [2.24, 2.45) is 5.73 Å². The van der Waals surface area contributed by atoms with E-state index < -0.39 is 12.1 Å². The van der Waals surface area contributed by atoms with Gasteiger partial charge in [0, 0.05) is 30.6 Å². The number of hydrogen-bond donors (Lipinski definition) is 2. The Hall–Kier alpha value is -3.05. The number of halogens is 3. The zero-order valence-electron chi connectivity index (χ0n) is 16.1. The molecule has 0 aliphatic heterocycles. The molecular weight excluding hydrogens is 421 g/mol. The zero-order chi connectivity index (χ0) is 22.5. The Morgan fingerprint density at radius 2 is 1.93 bits per heavy atom. The summed E-state index contributed by atoms with van der Waals surface area (Å²) in [6.07, 6.45) is -3.31. The maximum Gasteiger partial charge on any atom is 0.490 e. The van der Waals surface area contributed by atoms with Crippen molar-refractivity contribution < 1.29 is 27.9 Å².